The van der Waals surface area contributed by atoms with Crippen molar-refractivity contribution in [3.05, 3.63) is 0 Å². The molecule has 4 heteroatoms. The Bertz CT molecular complexity index is 230. The van der Waals surface area contributed by atoms with Gasteiger partial charge in [-0.25, -0.2) is 0 Å². The minimum atomic E-state index is -0.151. The second-order valence-electron chi connectivity index (χ2n) is 5.63. The van der Waals surface area contributed by atoms with Gasteiger partial charge in [-0.1, -0.05) is 0 Å². The standard InChI is InChI=1S/C12H24N2O2/c1-12(2,3)13-11(15)9-14(4)8-10-6-5-7-16-10/h10H,5-9H2,1-4H3,(H,13,15). The van der Waals surface area contributed by atoms with E-state index in [0.29, 0.717) is 12.6 Å². The Morgan fingerprint density at radius 1 is 1.50 bits per heavy atom. The SMILES string of the molecule is CN(CC(=O)NC(C)(C)C)CC1CCCO1. The van der Waals surface area contributed by atoms with E-state index in [1.165, 1.54) is 0 Å². The summed E-state index contributed by atoms with van der Waals surface area (Å²) >= 11 is 0. The molecule has 1 rings (SSSR count). The monoisotopic (exact) mass is 228 g/mol. The summed E-state index contributed by atoms with van der Waals surface area (Å²) in [5, 5.41) is 2.95. The summed E-state index contributed by atoms with van der Waals surface area (Å²) in [5.74, 6) is 0.0768. The molecule has 1 unspecified atom stereocenters. The quantitative estimate of drug-likeness (QED) is 0.781. The van der Waals surface area contributed by atoms with Gasteiger partial charge in [0.1, 0.15) is 0 Å². The average molecular weight is 228 g/mol. The van der Waals surface area contributed by atoms with E-state index >= 15 is 0 Å². The van der Waals surface area contributed by atoms with Crippen LogP contribution in [0.2, 0.25) is 0 Å². The van der Waals surface area contributed by atoms with Crippen LogP contribution in [0.4, 0.5) is 0 Å². The molecule has 1 aliphatic heterocycles. The second kappa shape index (κ2) is 5.64. The second-order valence-corrected chi connectivity index (χ2v) is 5.63. The third-order valence-electron chi connectivity index (χ3n) is 2.47. The first-order chi connectivity index (χ1) is 7.37. The van der Waals surface area contributed by atoms with Gasteiger partial charge in [-0.3, -0.25) is 9.69 Å². The van der Waals surface area contributed by atoms with Crippen LogP contribution >= 0.6 is 0 Å². The van der Waals surface area contributed by atoms with E-state index in [9.17, 15) is 4.79 Å². The molecule has 1 saturated heterocycles. The van der Waals surface area contributed by atoms with Crippen LogP contribution in [0.1, 0.15) is 33.6 Å². The molecule has 0 aromatic heterocycles. The molecule has 16 heavy (non-hydrogen) atoms. The number of hydrogen-bond acceptors (Lipinski definition) is 3. The summed E-state index contributed by atoms with van der Waals surface area (Å²) in [6, 6.07) is 0. The van der Waals surface area contributed by atoms with Crippen molar-refractivity contribution >= 4 is 5.91 Å². The van der Waals surface area contributed by atoms with Gasteiger partial charge in [0, 0.05) is 18.7 Å². The lowest BCUT2D eigenvalue weighted by molar-refractivity contribution is -0.123. The molecule has 0 aromatic rings. The molecule has 1 amide bonds. The van der Waals surface area contributed by atoms with Crippen LogP contribution < -0.4 is 5.32 Å². The summed E-state index contributed by atoms with van der Waals surface area (Å²) < 4.78 is 5.53. The van der Waals surface area contributed by atoms with E-state index in [1.807, 2.05) is 32.7 Å². The van der Waals surface area contributed by atoms with E-state index in [4.69, 9.17) is 4.74 Å². The van der Waals surface area contributed by atoms with Crippen LogP contribution in [0.25, 0.3) is 0 Å². The van der Waals surface area contributed by atoms with Crippen LogP contribution in [0.3, 0.4) is 0 Å². The topological polar surface area (TPSA) is 41.6 Å². The maximum Gasteiger partial charge on any atom is 0.234 e. The van der Waals surface area contributed by atoms with Gasteiger partial charge in [-0.2, -0.15) is 0 Å². The van der Waals surface area contributed by atoms with Crippen LogP contribution in [-0.4, -0.2) is 49.2 Å². The Kier molecular flexibility index (Phi) is 4.74. The first-order valence-corrected chi connectivity index (χ1v) is 5.98. The highest BCUT2D eigenvalue weighted by Gasteiger charge is 2.20. The van der Waals surface area contributed by atoms with Crippen molar-refractivity contribution in [3.63, 3.8) is 0 Å². The molecule has 0 aromatic carbocycles. The number of carbonyl (C=O) groups excluding carboxylic acids is 1. The summed E-state index contributed by atoms with van der Waals surface area (Å²) in [7, 11) is 1.96. The van der Waals surface area contributed by atoms with Crippen molar-refractivity contribution in [2.45, 2.75) is 45.3 Å². The van der Waals surface area contributed by atoms with E-state index in [0.717, 1.165) is 26.0 Å². The Balaban J connectivity index is 2.22. The normalized spacial score (nSPS) is 21.4. The van der Waals surface area contributed by atoms with Crippen LogP contribution in [-0.2, 0) is 9.53 Å². The van der Waals surface area contributed by atoms with Crippen molar-refractivity contribution in [3.8, 4) is 0 Å². The number of hydrogen-bond donors (Lipinski definition) is 1. The Hall–Kier alpha value is -0.610. The molecule has 0 aliphatic carbocycles. The van der Waals surface area contributed by atoms with E-state index in [-0.39, 0.29) is 11.4 Å². The number of carbonyl (C=O) groups is 1. The lowest BCUT2D eigenvalue weighted by atomic mass is 10.1. The van der Waals surface area contributed by atoms with Crippen LogP contribution in [0.5, 0.6) is 0 Å². The first-order valence-electron chi connectivity index (χ1n) is 5.98. The van der Waals surface area contributed by atoms with Gasteiger partial charge in [-0.15, -0.1) is 0 Å². The largest absolute Gasteiger partial charge is 0.377 e. The van der Waals surface area contributed by atoms with Crippen molar-refractivity contribution < 1.29 is 9.53 Å². The molecular formula is C12H24N2O2. The molecule has 1 atom stereocenters. The molecule has 4 nitrogen and oxygen atoms in total. The zero-order valence-electron chi connectivity index (χ0n) is 10.9. The van der Waals surface area contributed by atoms with Gasteiger partial charge < -0.3 is 10.1 Å². The number of amides is 1. The summed E-state index contributed by atoms with van der Waals surface area (Å²) in [4.78, 5) is 13.7. The molecule has 1 aliphatic rings. The maximum absolute atomic E-state index is 11.6. The zero-order valence-corrected chi connectivity index (χ0v) is 10.9. The molecule has 0 bridgehead atoms. The highest BCUT2D eigenvalue weighted by Crippen LogP contribution is 2.12. The van der Waals surface area contributed by atoms with E-state index < -0.39 is 0 Å². The van der Waals surface area contributed by atoms with Gasteiger partial charge in [0.05, 0.1) is 12.6 Å². The molecule has 0 radical (unpaired) electrons. The van der Waals surface area contributed by atoms with Gasteiger partial charge in [0.25, 0.3) is 0 Å². The molecule has 1 heterocycles. The molecular weight excluding hydrogens is 204 g/mol. The summed E-state index contributed by atoms with van der Waals surface area (Å²) in [6.07, 6.45) is 2.57. The van der Waals surface area contributed by atoms with Gasteiger partial charge in [0.2, 0.25) is 5.91 Å². The molecule has 1 fully saturated rings. The summed E-state index contributed by atoms with van der Waals surface area (Å²) in [5.41, 5.74) is -0.151. The minimum absolute atomic E-state index is 0.0768. The Labute approximate surface area is 98.3 Å². The highest BCUT2D eigenvalue weighted by atomic mass is 16.5. The third-order valence-corrected chi connectivity index (χ3v) is 2.47. The fourth-order valence-electron chi connectivity index (χ4n) is 1.90. The number of nitrogens with one attached hydrogen (secondary N) is 1. The van der Waals surface area contributed by atoms with Gasteiger partial charge in [0.15, 0.2) is 0 Å². The molecule has 94 valence electrons. The molecule has 0 spiro atoms. The van der Waals surface area contributed by atoms with Crippen molar-refractivity contribution in [1.29, 1.82) is 0 Å². The number of ether oxygens (including phenoxy) is 1. The van der Waals surface area contributed by atoms with E-state index in [2.05, 4.69) is 5.32 Å². The average Bonchev–Trinajstić information content (AvgIpc) is 2.51. The Morgan fingerprint density at radius 3 is 2.69 bits per heavy atom. The predicted molar refractivity (Wildman–Crippen MR) is 64.4 cm³/mol. The first kappa shape index (κ1) is 13.5. The lowest BCUT2D eigenvalue weighted by Gasteiger charge is -2.24. The van der Waals surface area contributed by atoms with Crippen molar-refractivity contribution in [2.75, 3.05) is 26.7 Å². The fraction of sp³-hybridized carbons (Fsp3) is 0.917. The maximum atomic E-state index is 11.6. The van der Waals surface area contributed by atoms with Crippen LogP contribution in [0.15, 0.2) is 0 Å². The fourth-order valence-corrected chi connectivity index (χ4v) is 1.90. The minimum Gasteiger partial charge on any atom is -0.377 e. The number of likely N-dealkylation sites (N-methyl/N-ethyl adjacent to an activating group) is 1. The zero-order chi connectivity index (χ0) is 12.2. The van der Waals surface area contributed by atoms with Crippen LogP contribution in [0, 0.1) is 0 Å². The summed E-state index contributed by atoms with van der Waals surface area (Å²) in [6.45, 7) is 8.13. The lowest BCUT2D eigenvalue weighted by Crippen LogP contribution is -2.46. The molecule has 1 N–H and O–H groups in total. The Morgan fingerprint density at radius 2 is 2.19 bits per heavy atom. The number of rotatable bonds is 4. The van der Waals surface area contributed by atoms with Crippen molar-refractivity contribution in [2.24, 2.45) is 0 Å². The van der Waals surface area contributed by atoms with Gasteiger partial charge in [-0.05, 0) is 40.7 Å². The molecule has 0 saturated carbocycles. The van der Waals surface area contributed by atoms with Gasteiger partial charge >= 0.3 is 0 Å². The van der Waals surface area contributed by atoms with E-state index in [1.54, 1.807) is 0 Å². The smallest absolute Gasteiger partial charge is 0.234 e. The van der Waals surface area contributed by atoms with Crippen molar-refractivity contribution in [1.82, 2.24) is 10.2 Å². The predicted octanol–water partition coefficient (Wildman–Crippen LogP) is 1.01. The third kappa shape index (κ3) is 5.47. The highest BCUT2D eigenvalue weighted by molar-refractivity contribution is 5.78. The number of nitrogens with zero attached hydrogens (tertiary/aromatic N) is 1.